The molecule has 3 aromatic rings. The van der Waals surface area contributed by atoms with Gasteiger partial charge in [0.2, 0.25) is 5.76 Å². The predicted molar refractivity (Wildman–Crippen MR) is 81.4 cm³/mol. The van der Waals surface area contributed by atoms with Crippen molar-refractivity contribution in [2.45, 2.75) is 10.9 Å². The molecule has 0 aliphatic carbocycles. The summed E-state index contributed by atoms with van der Waals surface area (Å²) in [4.78, 5) is 20.8. The first kappa shape index (κ1) is 13.9. The molecule has 3 heterocycles. The normalized spacial score (nSPS) is 10.9. The van der Waals surface area contributed by atoms with Crippen LogP contribution in [0.15, 0.2) is 33.2 Å². The van der Waals surface area contributed by atoms with Crippen LogP contribution < -0.4 is 5.73 Å². The first-order chi connectivity index (χ1) is 10.2. The summed E-state index contributed by atoms with van der Waals surface area (Å²) in [6.07, 6.45) is 0. The van der Waals surface area contributed by atoms with E-state index in [0.717, 1.165) is 10.2 Å². The average molecular weight is 321 g/mol. The second-order valence-electron chi connectivity index (χ2n) is 4.08. The lowest BCUT2D eigenvalue weighted by molar-refractivity contribution is 0.0563. The molecule has 0 aromatic carbocycles. The smallest absolute Gasteiger partial charge is 0.373 e. The van der Waals surface area contributed by atoms with Gasteiger partial charge in [-0.25, -0.2) is 14.8 Å². The molecular weight excluding hydrogens is 310 g/mol. The largest absolute Gasteiger partial charge is 0.463 e. The van der Waals surface area contributed by atoms with Gasteiger partial charge in [0.25, 0.3) is 0 Å². The Bertz CT molecular complexity index is 797. The van der Waals surface area contributed by atoms with Gasteiger partial charge in [0.15, 0.2) is 5.16 Å². The van der Waals surface area contributed by atoms with Crippen LogP contribution in [0.1, 0.15) is 16.3 Å². The Kier molecular flexibility index (Phi) is 3.80. The van der Waals surface area contributed by atoms with Gasteiger partial charge in [-0.2, -0.15) is 0 Å². The molecule has 0 radical (unpaired) electrons. The lowest BCUT2D eigenvalue weighted by atomic mass is 10.4. The third kappa shape index (κ3) is 2.86. The van der Waals surface area contributed by atoms with E-state index in [1.54, 1.807) is 12.1 Å². The van der Waals surface area contributed by atoms with Gasteiger partial charge in [-0.1, -0.05) is 11.8 Å². The third-order valence-electron chi connectivity index (χ3n) is 2.73. The number of thioether (sulfide) groups is 1. The van der Waals surface area contributed by atoms with Crippen LogP contribution >= 0.6 is 23.1 Å². The number of anilines is 1. The molecule has 0 fully saturated rings. The van der Waals surface area contributed by atoms with E-state index < -0.39 is 5.97 Å². The fraction of sp³-hybridized carbons (Fsp3) is 0.154. The predicted octanol–water partition coefficient (Wildman–Crippen LogP) is 2.95. The van der Waals surface area contributed by atoms with E-state index in [-0.39, 0.29) is 5.76 Å². The summed E-state index contributed by atoms with van der Waals surface area (Å²) in [5.41, 5.74) is 5.89. The molecule has 0 unspecified atom stereocenters. The fourth-order valence-corrected chi connectivity index (χ4v) is 3.30. The summed E-state index contributed by atoms with van der Waals surface area (Å²) in [6, 6.07) is 5.21. The highest BCUT2D eigenvalue weighted by atomic mass is 32.2. The van der Waals surface area contributed by atoms with Gasteiger partial charge >= 0.3 is 5.97 Å². The summed E-state index contributed by atoms with van der Waals surface area (Å²) in [6.45, 7) is 0. The van der Waals surface area contributed by atoms with Crippen LogP contribution in [0.2, 0.25) is 0 Å². The number of nitrogen functional groups attached to an aromatic ring is 1. The van der Waals surface area contributed by atoms with E-state index in [1.165, 1.54) is 30.2 Å². The van der Waals surface area contributed by atoms with Crippen molar-refractivity contribution in [1.29, 1.82) is 0 Å². The maximum Gasteiger partial charge on any atom is 0.373 e. The van der Waals surface area contributed by atoms with Crippen LogP contribution in [0.25, 0.3) is 10.2 Å². The monoisotopic (exact) mass is 321 g/mol. The summed E-state index contributed by atoms with van der Waals surface area (Å²) < 4.78 is 9.97. The molecule has 0 saturated heterocycles. The minimum atomic E-state index is -0.494. The molecule has 8 heteroatoms. The summed E-state index contributed by atoms with van der Waals surface area (Å²) in [5.74, 6) is 1.31. The molecule has 3 aromatic heterocycles. The Morgan fingerprint density at radius 3 is 3.10 bits per heavy atom. The van der Waals surface area contributed by atoms with Gasteiger partial charge in [-0.15, -0.1) is 11.3 Å². The van der Waals surface area contributed by atoms with Crippen molar-refractivity contribution in [3.63, 3.8) is 0 Å². The van der Waals surface area contributed by atoms with Crippen molar-refractivity contribution >= 4 is 45.1 Å². The molecule has 0 atom stereocenters. The van der Waals surface area contributed by atoms with Crippen molar-refractivity contribution in [2.24, 2.45) is 0 Å². The van der Waals surface area contributed by atoms with Gasteiger partial charge in [-0.3, -0.25) is 0 Å². The number of carbonyl (C=O) groups is 1. The van der Waals surface area contributed by atoms with E-state index >= 15 is 0 Å². The number of ether oxygens (including phenoxy) is 1. The highest BCUT2D eigenvalue weighted by molar-refractivity contribution is 7.98. The van der Waals surface area contributed by atoms with Gasteiger partial charge in [0.05, 0.1) is 18.2 Å². The number of esters is 1. The van der Waals surface area contributed by atoms with Gasteiger partial charge < -0.3 is 14.9 Å². The number of thiophene rings is 1. The first-order valence-electron chi connectivity index (χ1n) is 5.98. The number of methoxy groups -OCH3 is 1. The van der Waals surface area contributed by atoms with Crippen molar-refractivity contribution in [3.8, 4) is 0 Å². The molecule has 108 valence electrons. The number of nitrogens with two attached hydrogens (primary N) is 1. The molecule has 6 nitrogen and oxygen atoms in total. The molecular formula is C13H11N3O3S2. The first-order valence-corrected chi connectivity index (χ1v) is 7.84. The Morgan fingerprint density at radius 1 is 1.43 bits per heavy atom. The molecule has 0 saturated carbocycles. The minimum Gasteiger partial charge on any atom is -0.463 e. The Labute approximate surface area is 128 Å². The lowest BCUT2D eigenvalue weighted by Gasteiger charge is -2.01. The van der Waals surface area contributed by atoms with Gasteiger partial charge in [0.1, 0.15) is 16.4 Å². The SMILES string of the molecule is COC(=O)c1ccc(CSc2nc(N)c3ccsc3n2)o1. The van der Waals surface area contributed by atoms with Crippen LogP contribution in [-0.4, -0.2) is 23.0 Å². The minimum absolute atomic E-state index is 0.183. The highest BCUT2D eigenvalue weighted by Gasteiger charge is 2.12. The molecule has 0 amide bonds. The van der Waals surface area contributed by atoms with Gasteiger partial charge in [-0.05, 0) is 23.6 Å². The van der Waals surface area contributed by atoms with Crippen LogP contribution in [0, 0.1) is 0 Å². The third-order valence-corrected chi connectivity index (χ3v) is 4.40. The highest BCUT2D eigenvalue weighted by Crippen LogP contribution is 2.28. The molecule has 3 rings (SSSR count). The quantitative estimate of drug-likeness (QED) is 0.449. The Morgan fingerprint density at radius 2 is 2.29 bits per heavy atom. The number of nitrogens with zero attached hydrogens (tertiary/aromatic N) is 2. The van der Waals surface area contributed by atoms with Crippen molar-refractivity contribution in [3.05, 3.63) is 35.1 Å². The number of fused-ring (bicyclic) bond motifs is 1. The van der Waals surface area contributed by atoms with E-state index in [1.807, 2.05) is 11.4 Å². The van der Waals surface area contributed by atoms with Crippen molar-refractivity contribution in [2.75, 3.05) is 12.8 Å². The summed E-state index contributed by atoms with van der Waals surface area (Å²) in [7, 11) is 1.31. The second-order valence-corrected chi connectivity index (χ2v) is 5.91. The van der Waals surface area contributed by atoms with Crippen LogP contribution in [0.4, 0.5) is 5.82 Å². The lowest BCUT2D eigenvalue weighted by Crippen LogP contribution is -1.98. The number of hydrogen-bond acceptors (Lipinski definition) is 8. The topological polar surface area (TPSA) is 91.2 Å². The molecule has 0 aliphatic heterocycles. The molecule has 21 heavy (non-hydrogen) atoms. The molecule has 2 N–H and O–H groups in total. The van der Waals surface area contributed by atoms with Crippen LogP contribution in [-0.2, 0) is 10.5 Å². The average Bonchev–Trinajstić information content (AvgIpc) is 3.13. The number of hydrogen-bond donors (Lipinski definition) is 1. The fourth-order valence-electron chi connectivity index (χ4n) is 1.72. The zero-order chi connectivity index (χ0) is 14.8. The van der Waals surface area contributed by atoms with E-state index in [4.69, 9.17) is 10.2 Å². The molecule has 0 bridgehead atoms. The maximum atomic E-state index is 11.3. The van der Waals surface area contributed by atoms with Crippen LogP contribution in [0.3, 0.4) is 0 Å². The maximum absolute atomic E-state index is 11.3. The molecule has 0 spiro atoms. The zero-order valence-corrected chi connectivity index (χ0v) is 12.7. The second kappa shape index (κ2) is 5.74. The van der Waals surface area contributed by atoms with Crippen LogP contribution in [0.5, 0.6) is 0 Å². The number of aromatic nitrogens is 2. The number of rotatable bonds is 4. The van der Waals surface area contributed by atoms with Crippen molar-refractivity contribution in [1.82, 2.24) is 9.97 Å². The summed E-state index contributed by atoms with van der Waals surface area (Å²) >= 11 is 2.92. The van der Waals surface area contributed by atoms with Crippen molar-refractivity contribution < 1.29 is 13.9 Å². The molecule has 0 aliphatic rings. The number of carbonyl (C=O) groups excluding carboxylic acids is 1. The Hall–Kier alpha value is -2.06. The van der Waals surface area contributed by atoms with E-state index in [0.29, 0.717) is 22.5 Å². The standard InChI is InChI=1S/C13H11N3O3S2/c1-18-12(17)9-3-2-7(19-9)6-21-13-15-10(14)8-4-5-20-11(8)16-13/h2-5H,6H2,1H3,(H2,14,15,16). The number of furan rings is 1. The van der Waals surface area contributed by atoms with E-state index in [9.17, 15) is 4.79 Å². The van der Waals surface area contributed by atoms with Gasteiger partial charge in [0, 0.05) is 0 Å². The van der Waals surface area contributed by atoms with E-state index in [2.05, 4.69) is 14.7 Å². The Balaban J connectivity index is 1.74. The zero-order valence-electron chi connectivity index (χ0n) is 11.0. The summed E-state index contributed by atoms with van der Waals surface area (Å²) in [5, 5.41) is 3.38.